The van der Waals surface area contributed by atoms with E-state index in [2.05, 4.69) is 10.4 Å². The predicted octanol–water partition coefficient (Wildman–Crippen LogP) is 5.67. The zero-order valence-electron chi connectivity index (χ0n) is 25.0. The Morgan fingerprint density at radius 3 is 2.49 bits per heavy atom. The van der Waals surface area contributed by atoms with Crippen LogP contribution in [0.1, 0.15) is 51.4 Å². The minimum Gasteiger partial charge on any atom is -0.449 e. The maximum absolute atomic E-state index is 15.6. The van der Waals surface area contributed by atoms with E-state index in [4.69, 9.17) is 16.3 Å². The number of hydrogen-bond acceptors (Lipinski definition) is 7. The minimum absolute atomic E-state index is 0.0194. The van der Waals surface area contributed by atoms with Gasteiger partial charge in [0.2, 0.25) is 5.91 Å². The van der Waals surface area contributed by atoms with E-state index in [1.807, 2.05) is 11.6 Å². The second-order valence-electron chi connectivity index (χ2n) is 10.00. The van der Waals surface area contributed by atoms with E-state index >= 15 is 4.39 Å². The van der Waals surface area contributed by atoms with Gasteiger partial charge in [0.05, 0.1) is 28.8 Å². The van der Waals surface area contributed by atoms with E-state index in [9.17, 15) is 22.8 Å². The van der Waals surface area contributed by atoms with Crippen molar-refractivity contribution < 1.29 is 27.1 Å². The van der Waals surface area contributed by atoms with Gasteiger partial charge >= 0.3 is 11.8 Å². The molecule has 0 aliphatic rings. The van der Waals surface area contributed by atoms with Crippen molar-refractivity contribution in [1.82, 2.24) is 19.1 Å². The number of nitrogens with one attached hydrogen (secondary N) is 2. The summed E-state index contributed by atoms with van der Waals surface area (Å²) in [5.74, 6) is -0.466. The van der Waals surface area contributed by atoms with Gasteiger partial charge in [0.15, 0.2) is 0 Å². The summed E-state index contributed by atoms with van der Waals surface area (Å²) in [6, 6.07) is 14.8. The second-order valence-corrected chi connectivity index (χ2v) is 12.1. The Kier molecular flexibility index (Phi) is 10.8. The first kappa shape index (κ1) is 33.4. The fourth-order valence-electron chi connectivity index (χ4n) is 4.55. The Bertz CT molecular complexity index is 1890. The summed E-state index contributed by atoms with van der Waals surface area (Å²) < 4.78 is 50.5. The lowest BCUT2D eigenvalue weighted by Crippen LogP contribution is -2.31. The van der Waals surface area contributed by atoms with E-state index in [-0.39, 0.29) is 57.8 Å². The van der Waals surface area contributed by atoms with Crippen LogP contribution in [0.15, 0.2) is 70.4 Å². The average molecular weight is 658 g/mol. The minimum atomic E-state index is -4.33. The molecule has 0 bridgehead atoms. The number of carbonyl (C=O) groups excluding carboxylic acids is 2. The molecule has 0 aliphatic heterocycles. The Hall–Kier alpha value is -4.49. The summed E-state index contributed by atoms with van der Waals surface area (Å²) in [6.45, 7) is 5.08. The predicted molar refractivity (Wildman–Crippen MR) is 169 cm³/mol. The number of rotatable bonds is 12. The molecule has 0 unspecified atom stereocenters. The summed E-state index contributed by atoms with van der Waals surface area (Å²) in [7, 11) is -4.33. The maximum atomic E-state index is 15.6. The normalized spacial score (nSPS) is 11.3. The summed E-state index contributed by atoms with van der Waals surface area (Å²) in [4.78, 5) is 37.2. The summed E-state index contributed by atoms with van der Waals surface area (Å²) >= 11 is 6.43. The Morgan fingerprint density at radius 1 is 1.04 bits per heavy atom. The van der Waals surface area contributed by atoms with Crippen molar-refractivity contribution in [2.45, 2.75) is 57.9 Å². The molecule has 0 atom stereocenters. The van der Waals surface area contributed by atoms with Crippen LogP contribution in [-0.2, 0) is 32.5 Å². The van der Waals surface area contributed by atoms with Crippen molar-refractivity contribution >= 4 is 39.3 Å². The van der Waals surface area contributed by atoms with Gasteiger partial charge in [-0.15, -0.1) is 5.10 Å². The highest BCUT2D eigenvalue weighted by atomic mass is 35.5. The first-order chi connectivity index (χ1) is 21.5. The number of aromatic nitrogens is 3. The monoisotopic (exact) mass is 657 g/mol. The van der Waals surface area contributed by atoms with E-state index in [0.29, 0.717) is 17.9 Å². The number of sulfonamides is 1. The van der Waals surface area contributed by atoms with Crippen molar-refractivity contribution in [3.63, 3.8) is 0 Å². The summed E-state index contributed by atoms with van der Waals surface area (Å²) in [5.41, 5.74) is 0.729. The molecule has 0 radical (unpaired) electrons. The maximum Gasteiger partial charge on any atom is 0.421 e. The van der Waals surface area contributed by atoms with Gasteiger partial charge in [-0.05, 0) is 49.2 Å². The zero-order valence-corrected chi connectivity index (χ0v) is 26.5. The molecule has 14 heteroatoms. The summed E-state index contributed by atoms with van der Waals surface area (Å²) in [5, 5.41) is 7.49. The number of carbonyl (C=O) groups is 2. The molecule has 1 heterocycles. The average Bonchev–Trinajstić information content (AvgIpc) is 3.31. The topological polar surface area (TPSA) is 141 Å². The van der Waals surface area contributed by atoms with Crippen molar-refractivity contribution in [2.24, 2.45) is 0 Å². The van der Waals surface area contributed by atoms with Crippen LogP contribution >= 0.6 is 11.6 Å². The number of ether oxygens (including phenoxy) is 1. The number of unbranched alkanes of at least 4 members (excludes halogenated alkanes) is 1. The second kappa shape index (κ2) is 14.5. The molecule has 2 amide bonds. The molecule has 0 spiro atoms. The van der Waals surface area contributed by atoms with Gasteiger partial charge < -0.3 is 10.1 Å². The van der Waals surface area contributed by atoms with Crippen LogP contribution in [-0.4, -0.2) is 41.4 Å². The van der Waals surface area contributed by atoms with Crippen LogP contribution in [0.4, 0.5) is 14.9 Å². The molecule has 238 valence electrons. The Labute approximate surface area is 265 Å². The highest BCUT2D eigenvalue weighted by Crippen LogP contribution is 2.29. The number of benzene rings is 3. The molecule has 0 saturated carbocycles. The third-order valence-electron chi connectivity index (χ3n) is 6.83. The molecule has 0 fully saturated rings. The lowest BCUT2D eigenvalue weighted by Gasteiger charge is -2.13. The quantitative estimate of drug-likeness (QED) is 0.200. The Morgan fingerprint density at radius 2 is 1.80 bits per heavy atom. The number of hydrogen-bond donors (Lipinski definition) is 2. The van der Waals surface area contributed by atoms with Crippen molar-refractivity contribution in [1.29, 1.82) is 0 Å². The molecule has 4 rings (SSSR count). The van der Waals surface area contributed by atoms with Crippen molar-refractivity contribution in [3.05, 3.63) is 93.4 Å². The van der Waals surface area contributed by atoms with Gasteiger partial charge in [-0.2, -0.15) is 4.68 Å². The lowest BCUT2D eigenvalue weighted by atomic mass is 10.0. The number of amides is 2. The standard InChI is InChI=1S/C31H33ClFN5O6S/c1-4-7-12-28-35-38(26-18-22(15-16-24(26)32)34-29(39)5-2)31(41)37(28)19-21-14-13-20(17-25(21)33)23-10-8-9-11-27(23)45(42,43)36-30(40)44-6-3/h8-11,13-18H,4-7,12,19H2,1-3H3,(H,34,39)(H,36,40). The van der Waals surface area contributed by atoms with Gasteiger partial charge in [0.25, 0.3) is 10.0 Å². The Balaban J connectivity index is 1.71. The number of halogens is 2. The van der Waals surface area contributed by atoms with Gasteiger partial charge in [-0.25, -0.2) is 27.1 Å². The van der Waals surface area contributed by atoms with Crippen LogP contribution in [0, 0.1) is 5.82 Å². The van der Waals surface area contributed by atoms with Crippen LogP contribution in [0.3, 0.4) is 0 Å². The molecule has 1 aromatic heterocycles. The lowest BCUT2D eigenvalue weighted by molar-refractivity contribution is -0.115. The highest BCUT2D eigenvalue weighted by molar-refractivity contribution is 7.90. The van der Waals surface area contributed by atoms with Gasteiger partial charge in [0.1, 0.15) is 11.6 Å². The number of nitrogens with zero attached hydrogens (tertiary/aromatic N) is 3. The van der Waals surface area contributed by atoms with Crippen molar-refractivity contribution in [3.8, 4) is 16.8 Å². The van der Waals surface area contributed by atoms with Gasteiger partial charge in [0, 0.05) is 29.7 Å². The first-order valence-corrected chi connectivity index (χ1v) is 16.2. The smallest absolute Gasteiger partial charge is 0.421 e. The molecular weight excluding hydrogens is 625 g/mol. The fourth-order valence-corrected chi connectivity index (χ4v) is 5.87. The fraction of sp³-hybridized carbons (Fsp3) is 0.290. The molecule has 0 aliphatic carbocycles. The van der Waals surface area contributed by atoms with E-state index < -0.39 is 27.6 Å². The zero-order chi connectivity index (χ0) is 32.7. The van der Waals surface area contributed by atoms with Crippen LogP contribution in [0.25, 0.3) is 16.8 Å². The van der Waals surface area contributed by atoms with Crippen LogP contribution in [0.2, 0.25) is 5.02 Å². The van der Waals surface area contributed by atoms with Gasteiger partial charge in [-0.3, -0.25) is 9.36 Å². The molecule has 4 aromatic rings. The summed E-state index contributed by atoms with van der Waals surface area (Å²) in [6.07, 6.45) is 1.14. The SMILES string of the molecule is CCCCc1nn(-c2cc(NC(=O)CC)ccc2Cl)c(=O)n1Cc1ccc(-c2ccccc2S(=O)(=O)NC(=O)OCC)cc1F. The highest BCUT2D eigenvalue weighted by Gasteiger charge is 2.23. The van der Waals surface area contributed by atoms with E-state index in [1.165, 1.54) is 47.9 Å². The molecule has 2 N–H and O–H groups in total. The molecule has 3 aromatic carbocycles. The van der Waals surface area contributed by atoms with Gasteiger partial charge in [-0.1, -0.05) is 62.2 Å². The molecule has 45 heavy (non-hydrogen) atoms. The molecule has 11 nitrogen and oxygen atoms in total. The third kappa shape index (κ3) is 7.78. The number of aryl methyl sites for hydroxylation is 1. The molecular formula is C31H33ClFN5O6S. The van der Waals surface area contributed by atoms with E-state index in [1.54, 1.807) is 31.2 Å². The third-order valence-corrected chi connectivity index (χ3v) is 8.52. The number of anilines is 1. The largest absolute Gasteiger partial charge is 0.449 e. The van der Waals surface area contributed by atoms with E-state index in [0.717, 1.165) is 17.5 Å². The van der Waals surface area contributed by atoms with Crippen molar-refractivity contribution in [2.75, 3.05) is 11.9 Å². The molecule has 0 saturated heterocycles. The van der Waals surface area contributed by atoms with Crippen LogP contribution in [0.5, 0.6) is 0 Å². The van der Waals surface area contributed by atoms with Crippen LogP contribution < -0.4 is 15.7 Å². The first-order valence-electron chi connectivity index (χ1n) is 14.3.